The molecule has 0 bridgehead atoms. The molecule has 0 amide bonds. The second-order valence-electron chi connectivity index (χ2n) is 4.62. The summed E-state index contributed by atoms with van der Waals surface area (Å²) in [7, 11) is 2.22. The highest BCUT2D eigenvalue weighted by Gasteiger charge is 2.17. The lowest BCUT2D eigenvalue weighted by molar-refractivity contribution is 0.0433. The number of likely N-dealkylation sites (N-methyl/N-ethyl adjacent to an activating group) is 1. The van der Waals surface area contributed by atoms with Crippen molar-refractivity contribution in [2.24, 2.45) is 0 Å². The molecule has 1 aliphatic heterocycles. The second kappa shape index (κ2) is 9.83. The largest absolute Gasteiger partial charge is 0.382 e. The second-order valence-corrected chi connectivity index (χ2v) is 4.62. The maximum atomic E-state index is 5.37. The summed E-state index contributed by atoms with van der Waals surface area (Å²) in [5.74, 6) is 0. The van der Waals surface area contributed by atoms with Crippen LogP contribution in [0.2, 0.25) is 0 Å². The number of rotatable bonds is 9. The van der Waals surface area contributed by atoms with Crippen LogP contribution in [0.4, 0.5) is 0 Å². The Morgan fingerprint density at radius 1 is 1.29 bits per heavy atom. The van der Waals surface area contributed by atoms with E-state index in [1.807, 2.05) is 6.92 Å². The molecule has 0 aromatic rings. The smallest absolute Gasteiger partial charge is 0.0480 e. The maximum Gasteiger partial charge on any atom is 0.0480 e. The van der Waals surface area contributed by atoms with Crippen LogP contribution in [0, 0.1) is 0 Å². The van der Waals surface area contributed by atoms with Crippen molar-refractivity contribution < 1.29 is 9.47 Å². The molecule has 0 saturated carbocycles. The van der Waals surface area contributed by atoms with Crippen molar-refractivity contribution in [3.05, 3.63) is 0 Å². The van der Waals surface area contributed by atoms with Crippen molar-refractivity contribution >= 4 is 0 Å². The van der Waals surface area contributed by atoms with Crippen LogP contribution in [-0.4, -0.2) is 64.1 Å². The van der Waals surface area contributed by atoms with Crippen molar-refractivity contribution in [3.8, 4) is 0 Å². The van der Waals surface area contributed by atoms with Crippen molar-refractivity contribution in [1.82, 2.24) is 10.2 Å². The number of nitrogens with zero attached hydrogens (tertiary/aromatic N) is 1. The minimum absolute atomic E-state index is 0.717. The van der Waals surface area contributed by atoms with Crippen LogP contribution in [0.5, 0.6) is 0 Å². The Morgan fingerprint density at radius 2 is 2.06 bits per heavy atom. The van der Waals surface area contributed by atoms with E-state index < -0.39 is 0 Å². The van der Waals surface area contributed by atoms with E-state index in [9.17, 15) is 0 Å². The van der Waals surface area contributed by atoms with Crippen molar-refractivity contribution in [2.75, 3.05) is 53.1 Å². The van der Waals surface area contributed by atoms with Gasteiger partial charge in [-0.1, -0.05) is 0 Å². The first-order valence-corrected chi connectivity index (χ1v) is 6.91. The fourth-order valence-corrected chi connectivity index (χ4v) is 2.13. The van der Waals surface area contributed by atoms with Crippen LogP contribution in [0.15, 0.2) is 0 Å². The standard InChI is InChI=1S/C13H28N2O2/c1-3-16-10-4-7-14-8-9-15(2)13-5-11-17-12-6-13/h13-14H,3-12H2,1-2H3. The normalized spacial score (nSPS) is 17.8. The zero-order chi connectivity index (χ0) is 12.3. The average Bonchev–Trinajstić information content (AvgIpc) is 2.38. The van der Waals surface area contributed by atoms with E-state index in [2.05, 4.69) is 17.3 Å². The van der Waals surface area contributed by atoms with Gasteiger partial charge in [0.05, 0.1) is 0 Å². The highest BCUT2D eigenvalue weighted by molar-refractivity contribution is 4.72. The Hall–Kier alpha value is -0.160. The summed E-state index contributed by atoms with van der Waals surface area (Å²) >= 11 is 0. The monoisotopic (exact) mass is 244 g/mol. The molecule has 102 valence electrons. The number of hydrogen-bond acceptors (Lipinski definition) is 4. The Balaban J connectivity index is 1.90. The van der Waals surface area contributed by atoms with Gasteiger partial charge in [0.25, 0.3) is 0 Å². The van der Waals surface area contributed by atoms with Gasteiger partial charge >= 0.3 is 0 Å². The van der Waals surface area contributed by atoms with Gasteiger partial charge in [0.1, 0.15) is 0 Å². The van der Waals surface area contributed by atoms with Gasteiger partial charge < -0.3 is 19.7 Å². The molecular formula is C13H28N2O2. The molecule has 0 unspecified atom stereocenters. The van der Waals surface area contributed by atoms with E-state index in [0.29, 0.717) is 6.04 Å². The summed E-state index contributed by atoms with van der Waals surface area (Å²) in [6.45, 7) is 8.84. The van der Waals surface area contributed by atoms with Gasteiger partial charge in [-0.05, 0) is 39.8 Å². The van der Waals surface area contributed by atoms with Crippen molar-refractivity contribution in [1.29, 1.82) is 0 Å². The maximum absolute atomic E-state index is 5.37. The average molecular weight is 244 g/mol. The summed E-state index contributed by atoms with van der Waals surface area (Å²) in [6.07, 6.45) is 3.47. The predicted octanol–water partition coefficient (Wildman–Crippen LogP) is 1.11. The summed E-state index contributed by atoms with van der Waals surface area (Å²) in [5.41, 5.74) is 0. The van der Waals surface area contributed by atoms with E-state index in [1.165, 1.54) is 12.8 Å². The molecule has 0 aliphatic carbocycles. The molecular weight excluding hydrogens is 216 g/mol. The first kappa shape index (κ1) is 14.9. The Labute approximate surface area is 106 Å². The molecule has 4 heteroatoms. The molecule has 1 saturated heterocycles. The first-order chi connectivity index (χ1) is 8.34. The lowest BCUT2D eigenvalue weighted by Gasteiger charge is -2.31. The predicted molar refractivity (Wildman–Crippen MR) is 70.5 cm³/mol. The molecule has 4 nitrogen and oxygen atoms in total. The minimum atomic E-state index is 0.717. The van der Waals surface area contributed by atoms with E-state index in [1.54, 1.807) is 0 Å². The van der Waals surface area contributed by atoms with Gasteiger partial charge in [0.2, 0.25) is 0 Å². The van der Waals surface area contributed by atoms with Gasteiger partial charge in [-0.2, -0.15) is 0 Å². The Kier molecular flexibility index (Phi) is 8.61. The van der Waals surface area contributed by atoms with E-state index in [4.69, 9.17) is 9.47 Å². The third-order valence-corrected chi connectivity index (χ3v) is 3.30. The third-order valence-electron chi connectivity index (χ3n) is 3.30. The number of hydrogen-bond donors (Lipinski definition) is 1. The molecule has 0 aromatic heterocycles. The van der Waals surface area contributed by atoms with Crippen LogP contribution in [0.1, 0.15) is 26.2 Å². The molecule has 0 aromatic carbocycles. The summed E-state index contributed by atoms with van der Waals surface area (Å²) in [4.78, 5) is 2.46. The number of nitrogens with one attached hydrogen (secondary N) is 1. The highest BCUT2D eigenvalue weighted by Crippen LogP contribution is 2.11. The summed E-state index contributed by atoms with van der Waals surface area (Å²) < 4.78 is 10.7. The molecule has 1 rings (SSSR count). The minimum Gasteiger partial charge on any atom is -0.382 e. The van der Waals surface area contributed by atoms with Gasteiger partial charge in [-0.15, -0.1) is 0 Å². The molecule has 0 atom stereocenters. The fraction of sp³-hybridized carbons (Fsp3) is 1.00. The van der Waals surface area contributed by atoms with Crippen LogP contribution in [-0.2, 0) is 9.47 Å². The van der Waals surface area contributed by atoms with Gasteiger partial charge in [0.15, 0.2) is 0 Å². The van der Waals surface area contributed by atoms with Crippen LogP contribution in [0.3, 0.4) is 0 Å². The van der Waals surface area contributed by atoms with Crippen LogP contribution >= 0.6 is 0 Å². The molecule has 0 spiro atoms. The summed E-state index contributed by atoms with van der Waals surface area (Å²) in [5, 5.41) is 3.46. The fourth-order valence-electron chi connectivity index (χ4n) is 2.13. The molecule has 1 fully saturated rings. The van der Waals surface area contributed by atoms with Crippen molar-refractivity contribution in [3.63, 3.8) is 0 Å². The van der Waals surface area contributed by atoms with Crippen LogP contribution in [0.25, 0.3) is 0 Å². The zero-order valence-electron chi connectivity index (χ0n) is 11.4. The highest BCUT2D eigenvalue weighted by atomic mass is 16.5. The first-order valence-electron chi connectivity index (χ1n) is 6.91. The van der Waals surface area contributed by atoms with Gasteiger partial charge in [-0.3, -0.25) is 0 Å². The Morgan fingerprint density at radius 3 is 2.76 bits per heavy atom. The van der Waals surface area contributed by atoms with Crippen LogP contribution < -0.4 is 5.32 Å². The quantitative estimate of drug-likeness (QED) is 0.616. The molecule has 0 radical (unpaired) electrons. The lowest BCUT2D eigenvalue weighted by atomic mass is 10.1. The molecule has 17 heavy (non-hydrogen) atoms. The third kappa shape index (κ3) is 6.99. The van der Waals surface area contributed by atoms with Gasteiger partial charge in [0, 0.05) is 45.6 Å². The topological polar surface area (TPSA) is 33.7 Å². The SMILES string of the molecule is CCOCCCNCCN(C)C1CCOCC1. The summed E-state index contributed by atoms with van der Waals surface area (Å²) in [6, 6.07) is 0.717. The van der Waals surface area contributed by atoms with E-state index >= 15 is 0 Å². The molecule has 1 heterocycles. The molecule has 1 aliphatic rings. The lowest BCUT2D eigenvalue weighted by Crippen LogP contribution is -2.40. The van der Waals surface area contributed by atoms with Crippen molar-refractivity contribution in [2.45, 2.75) is 32.2 Å². The van der Waals surface area contributed by atoms with Gasteiger partial charge in [-0.25, -0.2) is 0 Å². The molecule has 1 N–H and O–H groups in total. The Bertz CT molecular complexity index is 173. The van der Waals surface area contributed by atoms with E-state index in [-0.39, 0.29) is 0 Å². The number of ether oxygens (including phenoxy) is 2. The zero-order valence-corrected chi connectivity index (χ0v) is 11.4. The van der Waals surface area contributed by atoms with E-state index in [0.717, 1.165) is 52.5 Å².